The van der Waals surface area contributed by atoms with Crippen LogP contribution in [0.15, 0.2) is 16.5 Å². The van der Waals surface area contributed by atoms with E-state index in [9.17, 15) is 4.79 Å². The molecule has 0 fully saturated rings. The predicted molar refractivity (Wildman–Crippen MR) is 76.8 cm³/mol. The molecule has 0 atom stereocenters. The number of rotatable bonds is 3. The van der Waals surface area contributed by atoms with Crippen molar-refractivity contribution < 1.29 is 9.21 Å². The Morgan fingerprint density at radius 1 is 1.30 bits per heavy atom. The smallest absolute Gasteiger partial charge is 0.236 e. The van der Waals surface area contributed by atoms with Gasteiger partial charge in [0.25, 0.3) is 0 Å². The maximum absolute atomic E-state index is 12.0. The lowest BCUT2D eigenvalue weighted by molar-refractivity contribution is -0.116. The molecule has 0 bridgehead atoms. The minimum Gasteiger partial charge on any atom is -0.424 e. The second-order valence-electron chi connectivity index (χ2n) is 4.66. The van der Waals surface area contributed by atoms with Crippen LogP contribution in [0.3, 0.4) is 0 Å². The first-order valence-electron chi connectivity index (χ1n) is 6.23. The Hall–Kier alpha value is -1.88. The zero-order valence-corrected chi connectivity index (χ0v) is 12.7. The third kappa shape index (κ3) is 2.82. The highest BCUT2D eigenvalue weighted by atomic mass is 35.5. The Bertz CT molecular complexity index is 652. The number of anilines is 1. The number of carbonyl (C=O) groups is 1. The molecule has 1 aromatic heterocycles. The highest BCUT2D eigenvalue weighted by Crippen LogP contribution is 2.31. The fraction of sp³-hybridized carbons (Fsp3) is 0.357. The Morgan fingerprint density at radius 2 is 2.00 bits per heavy atom. The fourth-order valence-corrected chi connectivity index (χ4v) is 2.26. The maximum atomic E-state index is 12.0. The molecule has 6 heteroatoms. The van der Waals surface area contributed by atoms with Crippen molar-refractivity contribution >= 4 is 23.2 Å². The highest BCUT2D eigenvalue weighted by molar-refractivity contribution is 6.31. The zero-order valence-electron chi connectivity index (χ0n) is 11.9. The number of aryl methyl sites for hydroxylation is 2. The van der Waals surface area contributed by atoms with Crippen molar-refractivity contribution in [2.24, 2.45) is 0 Å². The average molecular weight is 294 g/mol. The van der Waals surface area contributed by atoms with Gasteiger partial charge in [-0.1, -0.05) is 17.7 Å². The Labute approximate surface area is 122 Å². The Kier molecular flexibility index (Phi) is 4.09. The fourth-order valence-electron chi connectivity index (χ4n) is 2.11. The first kappa shape index (κ1) is 14.5. The van der Waals surface area contributed by atoms with Crippen molar-refractivity contribution in [1.82, 2.24) is 10.2 Å². The van der Waals surface area contributed by atoms with Crippen LogP contribution in [-0.2, 0) is 11.3 Å². The molecule has 5 nitrogen and oxygen atoms in total. The Morgan fingerprint density at radius 3 is 2.55 bits per heavy atom. The van der Waals surface area contributed by atoms with Crippen molar-refractivity contribution in [2.45, 2.75) is 34.2 Å². The number of benzene rings is 1. The van der Waals surface area contributed by atoms with E-state index in [1.165, 1.54) is 6.92 Å². The molecule has 0 saturated carbocycles. The number of nitrogens with zero attached hydrogens (tertiary/aromatic N) is 3. The summed E-state index contributed by atoms with van der Waals surface area (Å²) in [5.41, 5.74) is 2.62. The van der Waals surface area contributed by atoms with Crippen LogP contribution in [0.1, 0.15) is 29.8 Å². The van der Waals surface area contributed by atoms with Gasteiger partial charge in [0.2, 0.25) is 17.7 Å². The summed E-state index contributed by atoms with van der Waals surface area (Å²) >= 11 is 6.15. The summed E-state index contributed by atoms with van der Waals surface area (Å²) in [6.45, 7) is 7.28. The van der Waals surface area contributed by atoms with Crippen LogP contribution in [0.2, 0.25) is 5.02 Å². The van der Waals surface area contributed by atoms with Gasteiger partial charge in [-0.05, 0) is 31.0 Å². The van der Waals surface area contributed by atoms with E-state index < -0.39 is 0 Å². The van der Waals surface area contributed by atoms with Crippen LogP contribution in [0.4, 0.5) is 5.69 Å². The largest absolute Gasteiger partial charge is 0.424 e. The molecule has 0 aliphatic carbocycles. The SMILES string of the molecule is CC(=O)N(Cc1nnc(C)o1)c1c(C)ccc(Cl)c1C. The minimum atomic E-state index is -0.102. The third-order valence-electron chi connectivity index (χ3n) is 3.08. The molecule has 1 amide bonds. The summed E-state index contributed by atoms with van der Waals surface area (Å²) in [5, 5.41) is 8.33. The molecule has 20 heavy (non-hydrogen) atoms. The van der Waals surface area contributed by atoms with Crippen molar-refractivity contribution in [3.63, 3.8) is 0 Å². The minimum absolute atomic E-state index is 0.102. The molecule has 0 spiro atoms. The van der Waals surface area contributed by atoms with Crippen LogP contribution >= 0.6 is 11.6 Å². The predicted octanol–water partition coefficient (Wildman–Crippen LogP) is 3.20. The van der Waals surface area contributed by atoms with E-state index in [2.05, 4.69) is 10.2 Å². The second kappa shape index (κ2) is 5.63. The quantitative estimate of drug-likeness (QED) is 0.872. The van der Waals surface area contributed by atoms with Gasteiger partial charge in [-0.3, -0.25) is 4.79 Å². The van der Waals surface area contributed by atoms with Crippen LogP contribution in [0.25, 0.3) is 0 Å². The third-order valence-corrected chi connectivity index (χ3v) is 3.49. The molecule has 1 aromatic carbocycles. The molecule has 0 saturated heterocycles. The van der Waals surface area contributed by atoms with Crippen molar-refractivity contribution in [3.05, 3.63) is 40.1 Å². The number of hydrogen-bond acceptors (Lipinski definition) is 4. The summed E-state index contributed by atoms with van der Waals surface area (Å²) in [5.74, 6) is 0.772. The first-order chi connectivity index (χ1) is 9.40. The van der Waals surface area contributed by atoms with E-state index in [-0.39, 0.29) is 12.5 Å². The molecule has 0 aliphatic rings. The van der Waals surface area contributed by atoms with Gasteiger partial charge in [-0.2, -0.15) is 0 Å². The van der Waals surface area contributed by atoms with E-state index in [1.807, 2.05) is 26.0 Å². The van der Waals surface area contributed by atoms with E-state index in [0.717, 1.165) is 16.8 Å². The molecule has 2 rings (SSSR count). The molecule has 0 aliphatic heterocycles. The zero-order chi connectivity index (χ0) is 14.9. The molecule has 0 radical (unpaired) electrons. The number of amides is 1. The van der Waals surface area contributed by atoms with Crippen LogP contribution in [-0.4, -0.2) is 16.1 Å². The van der Waals surface area contributed by atoms with E-state index in [1.54, 1.807) is 11.8 Å². The summed E-state index contributed by atoms with van der Waals surface area (Å²) in [6.07, 6.45) is 0. The molecule has 0 N–H and O–H groups in total. The number of aromatic nitrogens is 2. The van der Waals surface area contributed by atoms with Gasteiger partial charge < -0.3 is 9.32 Å². The molecule has 1 heterocycles. The normalized spacial score (nSPS) is 10.7. The van der Waals surface area contributed by atoms with Gasteiger partial charge in [0.15, 0.2) is 0 Å². The van der Waals surface area contributed by atoms with Crippen molar-refractivity contribution in [2.75, 3.05) is 4.90 Å². The molecule has 2 aromatic rings. The van der Waals surface area contributed by atoms with E-state index in [4.69, 9.17) is 16.0 Å². The molecule has 106 valence electrons. The monoisotopic (exact) mass is 293 g/mol. The van der Waals surface area contributed by atoms with Crippen LogP contribution < -0.4 is 4.90 Å². The van der Waals surface area contributed by atoms with Crippen molar-refractivity contribution in [3.8, 4) is 0 Å². The summed E-state index contributed by atoms with van der Waals surface area (Å²) in [4.78, 5) is 13.6. The van der Waals surface area contributed by atoms with Gasteiger partial charge in [0, 0.05) is 18.9 Å². The van der Waals surface area contributed by atoms with Crippen LogP contribution in [0.5, 0.6) is 0 Å². The summed E-state index contributed by atoms with van der Waals surface area (Å²) in [7, 11) is 0. The van der Waals surface area contributed by atoms with E-state index in [0.29, 0.717) is 16.8 Å². The molecule has 0 unspecified atom stereocenters. The first-order valence-corrected chi connectivity index (χ1v) is 6.60. The van der Waals surface area contributed by atoms with Gasteiger partial charge >= 0.3 is 0 Å². The van der Waals surface area contributed by atoms with Crippen LogP contribution in [0, 0.1) is 20.8 Å². The van der Waals surface area contributed by atoms with Gasteiger partial charge in [0.05, 0.1) is 5.69 Å². The average Bonchev–Trinajstić information content (AvgIpc) is 2.78. The molecular formula is C14H16ClN3O2. The lowest BCUT2D eigenvalue weighted by Gasteiger charge is -2.24. The lowest BCUT2D eigenvalue weighted by atomic mass is 10.1. The number of carbonyl (C=O) groups excluding carboxylic acids is 1. The van der Waals surface area contributed by atoms with Gasteiger partial charge in [-0.25, -0.2) is 0 Å². The topological polar surface area (TPSA) is 59.2 Å². The van der Waals surface area contributed by atoms with Gasteiger partial charge in [-0.15, -0.1) is 10.2 Å². The highest BCUT2D eigenvalue weighted by Gasteiger charge is 2.20. The number of hydrogen-bond donors (Lipinski definition) is 0. The number of halogens is 1. The Balaban J connectivity index is 2.44. The standard InChI is InChI=1S/C14H16ClN3O2/c1-8-5-6-12(15)9(2)14(8)18(11(4)19)7-13-17-16-10(3)20-13/h5-6H,7H2,1-4H3. The lowest BCUT2D eigenvalue weighted by Crippen LogP contribution is -2.29. The summed E-state index contributed by atoms with van der Waals surface area (Å²) in [6, 6.07) is 3.71. The van der Waals surface area contributed by atoms with Gasteiger partial charge in [0.1, 0.15) is 6.54 Å². The maximum Gasteiger partial charge on any atom is 0.236 e. The van der Waals surface area contributed by atoms with Crippen molar-refractivity contribution in [1.29, 1.82) is 0 Å². The second-order valence-corrected chi connectivity index (χ2v) is 5.07. The summed E-state index contributed by atoms with van der Waals surface area (Å²) < 4.78 is 5.35. The molecular weight excluding hydrogens is 278 g/mol. The van der Waals surface area contributed by atoms with E-state index >= 15 is 0 Å².